The lowest BCUT2D eigenvalue weighted by molar-refractivity contribution is -0.118. The number of carbonyl (C=O) groups is 1. The smallest absolute Gasteiger partial charge is 0.261 e. The summed E-state index contributed by atoms with van der Waals surface area (Å²) in [6.07, 6.45) is 1.42. The predicted octanol–water partition coefficient (Wildman–Crippen LogP) is 2.90. The van der Waals surface area contributed by atoms with Gasteiger partial charge in [-0.05, 0) is 43.7 Å². The first-order chi connectivity index (χ1) is 11.1. The minimum Gasteiger partial charge on any atom is -0.324 e. The first-order valence-corrected chi connectivity index (χ1v) is 7.39. The number of hydrogen-bond donors (Lipinski definition) is 1. The molecule has 1 N–H and O–H groups in total. The summed E-state index contributed by atoms with van der Waals surface area (Å²) in [6.45, 7) is 3.64. The van der Waals surface area contributed by atoms with Crippen molar-refractivity contribution in [2.45, 2.75) is 19.9 Å². The Balaban J connectivity index is 1.90. The van der Waals surface area contributed by atoms with Crippen LogP contribution in [-0.4, -0.2) is 15.5 Å². The second-order valence-corrected chi connectivity index (χ2v) is 5.51. The highest BCUT2D eigenvalue weighted by molar-refractivity contribution is 5.93. The molecule has 0 spiro atoms. The summed E-state index contributed by atoms with van der Waals surface area (Å²) in [4.78, 5) is 29.2. The normalized spacial score (nSPS) is 12.1. The van der Waals surface area contributed by atoms with Crippen molar-refractivity contribution in [1.29, 1.82) is 0 Å². The van der Waals surface area contributed by atoms with Gasteiger partial charge in [-0.15, -0.1) is 0 Å². The van der Waals surface area contributed by atoms with Crippen LogP contribution in [0.3, 0.4) is 0 Å². The molecule has 0 saturated carbocycles. The number of benzene rings is 2. The number of carbonyl (C=O) groups excluding carboxylic acids is 1. The van der Waals surface area contributed by atoms with Crippen molar-refractivity contribution in [1.82, 2.24) is 9.55 Å². The fourth-order valence-electron chi connectivity index (χ4n) is 2.45. The Kier molecular flexibility index (Phi) is 3.93. The third-order valence-corrected chi connectivity index (χ3v) is 3.77. The number of nitrogens with zero attached hydrogens (tertiary/aromatic N) is 2. The molecule has 0 bridgehead atoms. The lowest BCUT2D eigenvalue weighted by Crippen LogP contribution is -2.31. The van der Waals surface area contributed by atoms with Gasteiger partial charge in [0.1, 0.15) is 6.04 Å². The van der Waals surface area contributed by atoms with Crippen LogP contribution in [-0.2, 0) is 4.79 Å². The fraction of sp³-hybridized carbons (Fsp3) is 0.167. The molecule has 5 nitrogen and oxygen atoms in total. The van der Waals surface area contributed by atoms with E-state index in [1.807, 2.05) is 37.3 Å². The Morgan fingerprint density at radius 1 is 1.17 bits per heavy atom. The van der Waals surface area contributed by atoms with E-state index >= 15 is 0 Å². The van der Waals surface area contributed by atoms with Crippen LogP contribution in [0.1, 0.15) is 18.5 Å². The van der Waals surface area contributed by atoms with E-state index < -0.39 is 6.04 Å². The monoisotopic (exact) mass is 307 g/mol. The summed E-state index contributed by atoms with van der Waals surface area (Å²) in [5.74, 6) is -0.255. The van der Waals surface area contributed by atoms with Gasteiger partial charge < -0.3 is 5.32 Å². The van der Waals surface area contributed by atoms with Gasteiger partial charge in [0.25, 0.3) is 5.56 Å². The first kappa shape index (κ1) is 15.0. The summed E-state index contributed by atoms with van der Waals surface area (Å²) >= 11 is 0. The third-order valence-electron chi connectivity index (χ3n) is 3.77. The Labute approximate surface area is 133 Å². The van der Waals surface area contributed by atoms with Gasteiger partial charge in [0.05, 0.1) is 17.2 Å². The number of hydrogen-bond acceptors (Lipinski definition) is 3. The summed E-state index contributed by atoms with van der Waals surface area (Å²) in [5, 5.41) is 3.33. The average molecular weight is 307 g/mol. The summed E-state index contributed by atoms with van der Waals surface area (Å²) in [5.41, 5.74) is 2.17. The number of aryl methyl sites for hydroxylation is 1. The van der Waals surface area contributed by atoms with Crippen LogP contribution in [0, 0.1) is 6.92 Å². The van der Waals surface area contributed by atoms with Crippen LogP contribution in [0.4, 0.5) is 5.69 Å². The largest absolute Gasteiger partial charge is 0.324 e. The van der Waals surface area contributed by atoms with Crippen molar-refractivity contribution >= 4 is 22.5 Å². The lowest BCUT2D eigenvalue weighted by atomic mass is 10.2. The van der Waals surface area contributed by atoms with Gasteiger partial charge in [0.15, 0.2) is 0 Å². The van der Waals surface area contributed by atoms with Crippen molar-refractivity contribution in [2.75, 3.05) is 5.32 Å². The predicted molar refractivity (Wildman–Crippen MR) is 90.5 cm³/mol. The Hall–Kier alpha value is -2.95. The molecule has 2 aromatic carbocycles. The minimum atomic E-state index is -0.653. The van der Waals surface area contributed by atoms with Gasteiger partial charge in [0.2, 0.25) is 5.91 Å². The molecule has 0 aliphatic rings. The third kappa shape index (κ3) is 2.99. The number of rotatable bonds is 3. The number of nitrogens with one attached hydrogen (secondary N) is 1. The van der Waals surface area contributed by atoms with Gasteiger partial charge in [-0.3, -0.25) is 14.2 Å². The van der Waals surface area contributed by atoms with Crippen molar-refractivity contribution < 1.29 is 4.79 Å². The van der Waals surface area contributed by atoms with Gasteiger partial charge >= 0.3 is 0 Å². The van der Waals surface area contributed by atoms with Crippen LogP contribution >= 0.6 is 0 Å². The van der Waals surface area contributed by atoms with Crippen LogP contribution in [0.25, 0.3) is 10.9 Å². The highest BCUT2D eigenvalue weighted by Gasteiger charge is 2.17. The number of amides is 1. The van der Waals surface area contributed by atoms with E-state index in [1.54, 1.807) is 25.1 Å². The topological polar surface area (TPSA) is 64.0 Å². The Morgan fingerprint density at radius 3 is 2.74 bits per heavy atom. The van der Waals surface area contributed by atoms with Gasteiger partial charge in [-0.2, -0.15) is 0 Å². The molecule has 3 aromatic rings. The van der Waals surface area contributed by atoms with Crippen LogP contribution in [0.2, 0.25) is 0 Å². The van der Waals surface area contributed by atoms with E-state index in [2.05, 4.69) is 10.3 Å². The first-order valence-electron chi connectivity index (χ1n) is 7.39. The number of aromatic nitrogens is 2. The second-order valence-electron chi connectivity index (χ2n) is 5.51. The summed E-state index contributed by atoms with van der Waals surface area (Å²) in [7, 11) is 0. The zero-order valence-electron chi connectivity index (χ0n) is 13.0. The van der Waals surface area contributed by atoms with Crippen LogP contribution in [0.15, 0.2) is 59.7 Å². The molecule has 0 radical (unpaired) electrons. The van der Waals surface area contributed by atoms with E-state index in [1.165, 1.54) is 10.9 Å². The molecule has 1 unspecified atom stereocenters. The van der Waals surface area contributed by atoms with Crippen molar-refractivity contribution in [2.24, 2.45) is 0 Å². The lowest BCUT2D eigenvalue weighted by Gasteiger charge is -2.15. The minimum absolute atomic E-state index is 0.220. The van der Waals surface area contributed by atoms with Gasteiger partial charge in [0, 0.05) is 5.69 Å². The maximum atomic E-state index is 12.5. The highest BCUT2D eigenvalue weighted by Crippen LogP contribution is 2.13. The van der Waals surface area contributed by atoms with E-state index in [0.29, 0.717) is 16.6 Å². The molecule has 1 aromatic heterocycles. The summed E-state index contributed by atoms with van der Waals surface area (Å²) in [6, 6.07) is 14.0. The summed E-state index contributed by atoms with van der Waals surface area (Å²) < 4.78 is 1.35. The molecule has 0 aliphatic heterocycles. The average Bonchev–Trinajstić information content (AvgIpc) is 2.55. The van der Waals surface area contributed by atoms with Gasteiger partial charge in [-0.1, -0.05) is 24.3 Å². The van der Waals surface area contributed by atoms with E-state index in [0.717, 1.165) is 5.56 Å². The number of para-hydroxylation sites is 1. The number of anilines is 1. The maximum Gasteiger partial charge on any atom is 0.261 e. The van der Waals surface area contributed by atoms with Crippen LogP contribution in [0.5, 0.6) is 0 Å². The van der Waals surface area contributed by atoms with Crippen molar-refractivity contribution in [3.63, 3.8) is 0 Å². The van der Waals surface area contributed by atoms with Crippen molar-refractivity contribution in [3.8, 4) is 0 Å². The molecule has 1 amide bonds. The maximum absolute atomic E-state index is 12.5. The molecule has 3 rings (SSSR count). The Morgan fingerprint density at radius 2 is 1.96 bits per heavy atom. The van der Waals surface area contributed by atoms with Crippen LogP contribution < -0.4 is 10.9 Å². The second kappa shape index (κ2) is 6.04. The van der Waals surface area contributed by atoms with Crippen molar-refractivity contribution in [3.05, 3.63) is 70.8 Å². The standard InChI is InChI=1S/C18H17N3O2/c1-12-6-5-7-14(10-12)20-17(22)13(2)21-11-19-16-9-4-3-8-15(16)18(21)23/h3-11,13H,1-2H3,(H,20,22). The molecule has 1 atom stereocenters. The zero-order chi connectivity index (χ0) is 16.4. The zero-order valence-corrected chi connectivity index (χ0v) is 13.0. The van der Waals surface area contributed by atoms with E-state index in [-0.39, 0.29) is 11.5 Å². The molecular weight excluding hydrogens is 290 g/mol. The molecule has 23 heavy (non-hydrogen) atoms. The van der Waals surface area contributed by atoms with Gasteiger partial charge in [-0.25, -0.2) is 4.98 Å². The quantitative estimate of drug-likeness (QED) is 0.809. The molecule has 116 valence electrons. The molecule has 0 saturated heterocycles. The Bertz CT molecular complexity index is 931. The molecular formula is C18H17N3O2. The fourth-order valence-corrected chi connectivity index (χ4v) is 2.45. The number of fused-ring (bicyclic) bond motifs is 1. The van der Waals surface area contributed by atoms with E-state index in [9.17, 15) is 9.59 Å². The molecule has 0 aliphatic carbocycles. The molecule has 1 heterocycles. The molecule has 5 heteroatoms. The highest BCUT2D eigenvalue weighted by atomic mass is 16.2. The molecule has 0 fully saturated rings. The SMILES string of the molecule is Cc1cccc(NC(=O)C(C)n2cnc3ccccc3c2=O)c1. The van der Waals surface area contributed by atoms with E-state index in [4.69, 9.17) is 0 Å².